The van der Waals surface area contributed by atoms with Crippen LogP contribution in [0.1, 0.15) is 16.8 Å². The minimum absolute atomic E-state index is 0.0786. The number of pyridine rings is 1. The third-order valence-corrected chi connectivity index (χ3v) is 6.64. The van der Waals surface area contributed by atoms with Gasteiger partial charge in [0.25, 0.3) is 5.91 Å². The lowest BCUT2D eigenvalue weighted by Crippen LogP contribution is -2.53. The van der Waals surface area contributed by atoms with Crippen LogP contribution in [0.2, 0.25) is 0 Å². The summed E-state index contributed by atoms with van der Waals surface area (Å²) in [5, 5.41) is 15.4. The quantitative estimate of drug-likeness (QED) is 0.645. The first-order valence-electron chi connectivity index (χ1n) is 11.5. The zero-order valence-corrected chi connectivity index (χ0v) is 19.0. The second-order valence-electron chi connectivity index (χ2n) is 9.13. The van der Waals surface area contributed by atoms with Gasteiger partial charge in [-0.1, -0.05) is 18.2 Å². The largest absolute Gasteiger partial charge is 0.387 e. The van der Waals surface area contributed by atoms with Gasteiger partial charge in [0, 0.05) is 70.0 Å². The predicted octanol–water partition coefficient (Wildman–Crippen LogP) is 1.88. The zero-order chi connectivity index (χ0) is 22.8. The summed E-state index contributed by atoms with van der Waals surface area (Å²) in [7, 11) is 1.86. The van der Waals surface area contributed by atoms with E-state index in [1.54, 1.807) is 28.0 Å². The van der Waals surface area contributed by atoms with Gasteiger partial charge in [0.1, 0.15) is 0 Å². The van der Waals surface area contributed by atoms with Crippen molar-refractivity contribution in [2.75, 3.05) is 50.7 Å². The van der Waals surface area contributed by atoms with Crippen molar-refractivity contribution in [2.24, 2.45) is 7.05 Å². The average molecular weight is 447 g/mol. The average Bonchev–Trinajstić information content (AvgIpc) is 3.45. The van der Waals surface area contributed by atoms with Crippen molar-refractivity contribution in [3.63, 3.8) is 0 Å². The highest BCUT2D eigenvalue weighted by molar-refractivity contribution is 5.94. The minimum Gasteiger partial charge on any atom is -0.387 e. The number of aliphatic hydroxyl groups is 1. The molecule has 33 heavy (non-hydrogen) atoms. The van der Waals surface area contributed by atoms with Gasteiger partial charge in [0.15, 0.2) is 0 Å². The van der Waals surface area contributed by atoms with Crippen molar-refractivity contribution >= 4 is 11.6 Å². The summed E-state index contributed by atoms with van der Waals surface area (Å²) in [5.41, 5.74) is 2.62. The first kappa shape index (κ1) is 21.6. The highest BCUT2D eigenvalue weighted by Crippen LogP contribution is 2.26. The van der Waals surface area contributed by atoms with Crippen molar-refractivity contribution in [1.82, 2.24) is 24.6 Å². The topological polar surface area (TPSA) is 77.7 Å². The van der Waals surface area contributed by atoms with Crippen LogP contribution in [0.3, 0.4) is 0 Å². The molecule has 0 spiro atoms. The van der Waals surface area contributed by atoms with E-state index < -0.39 is 5.60 Å². The molecule has 1 aromatic carbocycles. The standard InChI is InChI=1S/C25H30N6O2/c1-28-17-21(16-27-28)23-8-7-20(15-26-23)24(32)31-10-9-25(33,19-31)18-29-11-13-30(14-12-29)22-5-3-2-4-6-22/h2-8,15-17,33H,9-14,18-19H2,1H3/t25-/m0/s1. The number of β-amino-alcohol motifs (C(OH)–C–C–N with tert-alkyl or cyclic N) is 1. The highest BCUT2D eigenvalue weighted by Gasteiger charge is 2.40. The van der Waals surface area contributed by atoms with E-state index in [0.29, 0.717) is 31.6 Å². The number of hydrogen-bond acceptors (Lipinski definition) is 6. The zero-order valence-electron chi connectivity index (χ0n) is 19.0. The van der Waals surface area contributed by atoms with E-state index in [1.807, 2.05) is 25.4 Å². The third-order valence-electron chi connectivity index (χ3n) is 6.64. The van der Waals surface area contributed by atoms with Gasteiger partial charge in [-0.3, -0.25) is 19.4 Å². The SMILES string of the molecule is Cn1cc(-c2ccc(C(=O)N3CC[C@](O)(CN4CCN(c5ccccc5)CC4)C3)cn2)cn1. The number of aromatic nitrogens is 3. The van der Waals surface area contributed by atoms with Crippen molar-refractivity contribution < 1.29 is 9.90 Å². The number of likely N-dealkylation sites (tertiary alicyclic amines) is 1. The second kappa shape index (κ2) is 8.96. The summed E-state index contributed by atoms with van der Waals surface area (Å²) < 4.78 is 1.72. The van der Waals surface area contributed by atoms with E-state index in [-0.39, 0.29) is 5.91 Å². The van der Waals surface area contributed by atoms with Gasteiger partial charge < -0.3 is 14.9 Å². The fraction of sp³-hybridized carbons (Fsp3) is 0.400. The fourth-order valence-corrected chi connectivity index (χ4v) is 4.81. The van der Waals surface area contributed by atoms with Gasteiger partial charge in [-0.2, -0.15) is 5.10 Å². The molecule has 2 aliphatic rings. The molecule has 0 radical (unpaired) electrons. The Morgan fingerprint density at radius 1 is 1.03 bits per heavy atom. The summed E-state index contributed by atoms with van der Waals surface area (Å²) in [6, 6.07) is 14.1. The van der Waals surface area contributed by atoms with E-state index >= 15 is 0 Å². The number of nitrogens with zero attached hydrogens (tertiary/aromatic N) is 6. The maximum absolute atomic E-state index is 13.0. The molecule has 4 heterocycles. The Kier molecular flexibility index (Phi) is 5.86. The van der Waals surface area contributed by atoms with Crippen LogP contribution < -0.4 is 4.90 Å². The smallest absolute Gasteiger partial charge is 0.255 e. The number of benzene rings is 1. The molecule has 2 aliphatic heterocycles. The molecule has 0 bridgehead atoms. The normalized spacial score (nSPS) is 21.5. The van der Waals surface area contributed by atoms with Crippen molar-refractivity contribution in [3.8, 4) is 11.3 Å². The van der Waals surface area contributed by atoms with E-state index in [4.69, 9.17) is 0 Å². The number of amides is 1. The number of para-hydroxylation sites is 1. The maximum Gasteiger partial charge on any atom is 0.255 e. The minimum atomic E-state index is -0.867. The molecule has 8 nitrogen and oxygen atoms in total. The van der Waals surface area contributed by atoms with Crippen molar-refractivity contribution in [2.45, 2.75) is 12.0 Å². The Labute approximate surface area is 194 Å². The summed E-state index contributed by atoms with van der Waals surface area (Å²) in [4.78, 5) is 23.9. The van der Waals surface area contributed by atoms with Gasteiger partial charge in [0.2, 0.25) is 0 Å². The van der Waals surface area contributed by atoms with Gasteiger partial charge in [-0.05, 0) is 30.7 Å². The van der Waals surface area contributed by atoms with Gasteiger partial charge in [-0.15, -0.1) is 0 Å². The summed E-state index contributed by atoms with van der Waals surface area (Å²) in [5.74, 6) is -0.0786. The van der Waals surface area contributed by atoms with Crippen LogP contribution in [0.5, 0.6) is 0 Å². The van der Waals surface area contributed by atoms with Crippen LogP contribution >= 0.6 is 0 Å². The lowest BCUT2D eigenvalue weighted by atomic mass is 10.0. The number of hydrogen-bond donors (Lipinski definition) is 1. The molecular formula is C25H30N6O2. The molecule has 1 N–H and O–H groups in total. The summed E-state index contributed by atoms with van der Waals surface area (Å²) >= 11 is 0. The first-order chi connectivity index (χ1) is 16.0. The number of aryl methyl sites for hydroxylation is 1. The summed E-state index contributed by atoms with van der Waals surface area (Å²) in [6.07, 6.45) is 5.86. The number of carbonyl (C=O) groups is 1. The van der Waals surface area contributed by atoms with Crippen molar-refractivity contribution in [3.05, 3.63) is 66.6 Å². The van der Waals surface area contributed by atoms with E-state index in [1.165, 1.54) is 5.69 Å². The molecule has 8 heteroatoms. The molecule has 2 fully saturated rings. The van der Waals surface area contributed by atoms with Gasteiger partial charge in [-0.25, -0.2) is 0 Å². The fourth-order valence-electron chi connectivity index (χ4n) is 4.81. The molecule has 1 atom stereocenters. The third kappa shape index (κ3) is 4.77. The Morgan fingerprint density at radius 2 is 1.82 bits per heavy atom. The van der Waals surface area contributed by atoms with E-state index in [2.05, 4.69) is 44.1 Å². The number of anilines is 1. The molecule has 0 unspecified atom stereocenters. The molecule has 2 saturated heterocycles. The monoisotopic (exact) mass is 446 g/mol. The van der Waals surface area contributed by atoms with Crippen LogP contribution in [-0.2, 0) is 7.05 Å². The maximum atomic E-state index is 13.0. The lowest BCUT2D eigenvalue weighted by Gasteiger charge is -2.39. The Hall–Kier alpha value is -3.23. The van der Waals surface area contributed by atoms with Crippen LogP contribution in [0.15, 0.2) is 61.1 Å². The molecule has 3 aromatic rings. The Balaban J connectivity index is 1.16. The van der Waals surface area contributed by atoms with Crippen LogP contribution in [0.4, 0.5) is 5.69 Å². The summed E-state index contributed by atoms with van der Waals surface area (Å²) in [6.45, 7) is 5.21. The molecule has 0 saturated carbocycles. The lowest BCUT2D eigenvalue weighted by molar-refractivity contribution is 0.0103. The molecule has 172 valence electrons. The van der Waals surface area contributed by atoms with Crippen LogP contribution in [0, 0.1) is 0 Å². The van der Waals surface area contributed by atoms with E-state index in [9.17, 15) is 9.90 Å². The Morgan fingerprint density at radius 3 is 2.48 bits per heavy atom. The van der Waals surface area contributed by atoms with Gasteiger partial charge in [0.05, 0.1) is 29.6 Å². The van der Waals surface area contributed by atoms with Crippen LogP contribution in [-0.4, -0.2) is 87.0 Å². The number of carbonyl (C=O) groups excluding carboxylic acids is 1. The van der Waals surface area contributed by atoms with E-state index in [0.717, 1.165) is 37.4 Å². The molecular weight excluding hydrogens is 416 g/mol. The van der Waals surface area contributed by atoms with Crippen LogP contribution in [0.25, 0.3) is 11.3 Å². The predicted molar refractivity (Wildman–Crippen MR) is 127 cm³/mol. The number of rotatable bonds is 5. The molecule has 2 aromatic heterocycles. The highest BCUT2D eigenvalue weighted by atomic mass is 16.3. The Bertz CT molecular complexity index is 1090. The van der Waals surface area contributed by atoms with Crippen molar-refractivity contribution in [1.29, 1.82) is 0 Å². The number of piperazine rings is 1. The molecule has 5 rings (SSSR count). The second-order valence-corrected chi connectivity index (χ2v) is 9.13. The molecule has 1 amide bonds. The molecule has 0 aliphatic carbocycles. The van der Waals surface area contributed by atoms with Gasteiger partial charge >= 0.3 is 0 Å². The first-order valence-corrected chi connectivity index (χ1v) is 11.5.